The Bertz CT molecular complexity index is 615. The molecule has 108 valence electrons. The zero-order valence-electron chi connectivity index (χ0n) is 11.8. The molecule has 1 aromatic carbocycles. The fraction of sp³-hybridized carbons (Fsp3) is 0.533. The van der Waals surface area contributed by atoms with Crippen molar-refractivity contribution in [3.05, 3.63) is 28.5 Å². The maximum Gasteiger partial charge on any atom is 0.143 e. The average Bonchev–Trinajstić information content (AvgIpc) is 2.77. The van der Waals surface area contributed by atoms with Crippen molar-refractivity contribution in [1.82, 2.24) is 9.66 Å². The number of rotatable bonds is 2. The molecule has 5 heteroatoms. The van der Waals surface area contributed by atoms with E-state index < -0.39 is 0 Å². The van der Waals surface area contributed by atoms with Gasteiger partial charge in [-0.25, -0.2) is 9.66 Å². The second kappa shape index (κ2) is 5.57. The quantitative estimate of drug-likeness (QED) is 0.742. The molecule has 0 saturated carbocycles. The Kier molecular flexibility index (Phi) is 3.95. The highest BCUT2D eigenvalue weighted by atomic mass is 79.9. The van der Waals surface area contributed by atoms with Gasteiger partial charge in [0, 0.05) is 16.6 Å². The summed E-state index contributed by atoms with van der Waals surface area (Å²) in [5.41, 5.74) is 2.14. The number of benzene rings is 1. The molecule has 2 aromatic rings. The van der Waals surface area contributed by atoms with Crippen LogP contribution in [0.25, 0.3) is 11.0 Å². The van der Waals surface area contributed by atoms with Gasteiger partial charge in [0.05, 0.1) is 16.9 Å². The summed E-state index contributed by atoms with van der Waals surface area (Å²) in [5, 5.41) is 2.45. The fourth-order valence-electron chi connectivity index (χ4n) is 3.23. The Morgan fingerprint density at radius 1 is 1.30 bits per heavy atom. The van der Waals surface area contributed by atoms with Crippen LogP contribution in [0.15, 0.2) is 22.7 Å². The first-order valence-electron chi connectivity index (χ1n) is 7.13. The van der Waals surface area contributed by atoms with E-state index in [9.17, 15) is 0 Å². The third kappa shape index (κ3) is 2.33. The summed E-state index contributed by atoms with van der Waals surface area (Å²) in [7, 11) is 0. The van der Waals surface area contributed by atoms with Gasteiger partial charge in [-0.2, -0.15) is 0 Å². The van der Waals surface area contributed by atoms with Crippen molar-refractivity contribution in [3.8, 4) is 0 Å². The van der Waals surface area contributed by atoms with Crippen LogP contribution in [-0.2, 0) is 5.88 Å². The highest BCUT2D eigenvalue weighted by Crippen LogP contribution is 2.28. The molecule has 1 saturated heterocycles. The molecule has 0 N–H and O–H groups in total. The number of hydrogen-bond donors (Lipinski definition) is 0. The molecule has 1 aliphatic heterocycles. The molecule has 0 amide bonds. The fourth-order valence-corrected chi connectivity index (χ4v) is 3.75. The van der Waals surface area contributed by atoms with Gasteiger partial charge in [0.1, 0.15) is 5.82 Å². The largest absolute Gasteiger partial charge is 0.305 e. The van der Waals surface area contributed by atoms with E-state index in [2.05, 4.69) is 50.5 Å². The van der Waals surface area contributed by atoms with Crippen LogP contribution in [0.1, 0.15) is 38.9 Å². The van der Waals surface area contributed by atoms with Crippen molar-refractivity contribution < 1.29 is 0 Å². The summed E-state index contributed by atoms with van der Waals surface area (Å²) in [6.07, 6.45) is 3.74. The van der Waals surface area contributed by atoms with Gasteiger partial charge in [0.15, 0.2) is 0 Å². The molecule has 3 nitrogen and oxygen atoms in total. The molecule has 2 heterocycles. The SMILES string of the molecule is CC1CCCC(C)N1n1c(CCl)nc2ccc(Br)cc21. The van der Waals surface area contributed by atoms with Crippen LogP contribution in [-0.4, -0.2) is 21.7 Å². The van der Waals surface area contributed by atoms with Crippen molar-refractivity contribution >= 4 is 38.6 Å². The molecule has 0 spiro atoms. The van der Waals surface area contributed by atoms with Crippen molar-refractivity contribution in [2.75, 3.05) is 5.01 Å². The summed E-state index contributed by atoms with van der Waals surface area (Å²) < 4.78 is 3.31. The van der Waals surface area contributed by atoms with E-state index in [1.807, 2.05) is 12.1 Å². The second-order valence-corrected chi connectivity index (χ2v) is 6.80. The lowest BCUT2D eigenvalue weighted by Crippen LogP contribution is -2.51. The van der Waals surface area contributed by atoms with Gasteiger partial charge in [-0.3, -0.25) is 0 Å². The lowest BCUT2D eigenvalue weighted by atomic mass is 10.00. The minimum atomic E-state index is 0.433. The number of aromatic nitrogens is 2. The second-order valence-electron chi connectivity index (χ2n) is 5.62. The molecule has 2 unspecified atom stereocenters. The molecule has 2 atom stereocenters. The first-order valence-corrected chi connectivity index (χ1v) is 8.46. The third-order valence-corrected chi connectivity index (χ3v) is 4.89. The summed E-state index contributed by atoms with van der Waals surface area (Å²) in [6.45, 7) is 4.58. The number of fused-ring (bicyclic) bond motifs is 1. The van der Waals surface area contributed by atoms with Gasteiger partial charge in [-0.1, -0.05) is 15.9 Å². The van der Waals surface area contributed by atoms with Crippen LogP contribution in [0.2, 0.25) is 0 Å². The van der Waals surface area contributed by atoms with Gasteiger partial charge < -0.3 is 5.01 Å². The smallest absolute Gasteiger partial charge is 0.143 e. The van der Waals surface area contributed by atoms with E-state index >= 15 is 0 Å². The van der Waals surface area contributed by atoms with Crippen LogP contribution in [0, 0.1) is 0 Å². The maximum atomic E-state index is 6.14. The number of piperidine rings is 1. The van der Waals surface area contributed by atoms with Crippen LogP contribution in [0.3, 0.4) is 0 Å². The summed E-state index contributed by atoms with van der Waals surface area (Å²) in [5.74, 6) is 1.36. The summed E-state index contributed by atoms with van der Waals surface area (Å²) in [6, 6.07) is 7.23. The number of hydrogen-bond acceptors (Lipinski definition) is 2. The molecular weight excluding hydrogens is 338 g/mol. The van der Waals surface area contributed by atoms with E-state index in [-0.39, 0.29) is 0 Å². The lowest BCUT2D eigenvalue weighted by Gasteiger charge is -2.42. The molecule has 1 aliphatic rings. The first kappa shape index (κ1) is 14.2. The highest BCUT2D eigenvalue weighted by molar-refractivity contribution is 9.10. The Hall–Kier alpha value is -0.740. The van der Waals surface area contributed by atoms with E-state index in [0.29, 0.717) is 18.0 Å². The van der Waals surface area contributed by atoms with Crippen LogP contribution >= 0.6 is 27.5 Å². The normalized spacial score (nSPS) is 23.5. The molecule has 1 aromatic heterocycles. The molecule has 0 aliphatic carbocycles. The van der Waals surface area contributed by atoms with Crippen molar-refractivity contribution in [2.45, 2.75) is 51.1 Å². The number of alkyl halides is 1. The molecule has 1 fully saturated rings. The zero-order chi connectivity index (χ0) is 14.3. The average molecular weight is 357 g/mol. The number of nitrogens with zero attached hydrogens (tertiary/aromatic N) is 3. The van der Waals surface area contributed by atoms with E-state index in [0.717, 1.165) is 21.3 Å². The summed E-state index contributed by atoms with van der Waals surface area (Å²) >= 11 is 9.70. The monoisotopic (exact) mass is 355 g/mol. The predicted octanol–water partition coefficient (Wildman–Crippen LogP) is 4.44. The van der Waals surface area contributed by atoms with Gasteiger partial charge in [-0.15, -0.1) is 11.6 Å². The first-order chi connectivity index (χ1) is 9.61. The Labute approximate surface area is 133 Å². The molecule has 3 rings (SSSR count). The van der Waals surface area contributed by atoms with Crippen LogP contribution < -0.4 is 5.01 Å². The lowest BCUT2D eigenvalue weighted by molar-refractivity contribution is 0.337. The van der Waals surface area contributed by atoms with Gasteiger partial charge in [0.2, 0.25) is 0 Å². The van der Waals surface area contributed by atoms with Gasteiger partial charge in [-0.05, 0) is 51.3 Å². The van der Waals surface area contributed by atoms with E-state index in [1.165, 1.54) is 19.3 Å². The van der Waals surface area contributed by atoms with Gasteiger partial charge >= 0.3 is 0 Å². The maximum absolute atomic E-state index is 6.14. The minimum Gasteiger partial charge on any atom is -0.305 e. The predicted molar refractivity (Wildman–Crippen MR) is 88.0 cm³/mol. The van der Waals surface area contributed by atoms with Crippen LogP contribution in [0.4, 0.5) is 0 Å². The standard InChI is InChI=1S/C15H19BrClN3/c1-10-4-3-5-11(2)19(10)20-14-8-12(16)6-7-13(14)18-15(20)9-17/h6-8,10-11H,3-5,9H2,1-2H3. The molecule has 20 heavy (non-hydrogen) atoms. The van der Waals surface area contributed by atoms with E-state index in [4.69, 9.17) is 11.6 Å². The molecular formula is C15H19BrClN3. The third-order valence-electron chi connectivity index (χ3n) is 4.16. The summed E-state index contributed by atoms with van der Waals surface area (Å²) in [4.78, 5) is 4.68. The van der Waals surface area contributed by atoms with Crippen LogP contribution in [0.5, 0.6) is 0 Å². The minimum absolute atomic E-state index is 0.433. The number of halogens is 2. The Balaban J connectivity index is 2.19. The van der Waals surface area contributed by atoms with Crippen molar-refractivity contribution in [2.24, 2.45) is 0 Å². The van der Waals surface area contributed by atoms with Crippen molar-refractivity contribution in [3.63, 3.8) is 0 Å². The molecule has 0 bridgehead atoms. The molecule has 0 radical (unpaired) electrons. The van der Waals surface area contributed by atoms with Crippen molar-refractivity contribution in [1.29, 1.82) is 0 Å². The van der Waals surface area contributed by atoms with Gasteiger partial charge in [0.25, 0.3) is 0 Å². The topological polar surface area (TPSA) is 21.1 Å². The Morgan fingerprint density at radius 3 is 2.65 bits per heavy atom. The Morgan fingerprint density at radius 2 is 2.00 bits per heavy atom. The zero-order valence-corrected chi connectivity index (χ0v) is 14.2. The van der Waals surface area contributed by atoms with E-state index in [1.54, 1.807) is 0 Å². The number of imidazole rings is 1. The highest BCUT2D eigenvalue weighted by Gasteiger charge is 2.28.